The summed E-state index contributed by atoms with van der Waals surface area (Å²) in [6.07, 6.45) is 2.21. The molecule has 1 aliphatic heterocycles. The second kappa shape index (κ2) is 12.0. The van der Waals surface area contributed by atoms with Crippen molar-refractivity contribution < 1.29 is 22.7 Å². The van der Waals surface area contributed by atoms with Gasteiger partial charge in [-0.05, 0) is 68.0 Å². The highest BCUT2D eigenvalue weighted by Gasteiger charge is 2.55. The van der Waals surface area contributed by atoms with Crippen LogP contribution in [0.25, 0.3) is 0 Å². The molecule has 0 spiro atoms. The summed E-state index contributed by atoms with van der Waals surface area (Å²) in [6, 6.07) is 14.1. The molecule has 2 aromatic rings. The fourth-order valence-electron chi connectivity index (χ4n) is 5.99. The zero-order chi connectivity index (χ0) is 29.4. The van der Waals surface area contributed by atoms with Crippen molar-refractivity contribution in [1.82, 2.24) is 9.21 Å². The molecule has 7 nitrogen and oxygen atoms in total. The Kier molecular flexibility index (Phi) is 9.25. The Balaban J connectivity index is 1.89. The highest BCUT2D eigenvalue weighted by molar-refractivity contribution is 7.90. The number of methoxy groups -OCH3 is 1. The SMILES string of the molecule is CC[C@@H](CN(C)S(=O)(=O)C1CC1)N1C(=O)[C@@](C)([C@@H](C)C(=O)OC)C[C@H](c2cccc(Cl)c2)C1c1ccc(Cl)cc1. The molecule has 10 heteroatoms. The fraction of sp³-hybridized carbons (Fsp3) is 0.533. The van der Waals surface area contributed by atoms with Crippen molar-refractivity contribution in [2.75, 3.05) is 20.7 Å². The Hall–Kier alpha value is -2.13. The molecule has 1 saturated carbocycles. The summed E-state index contributed by atoms with van der Waals surface area (Å²) in [7, 11) is -0.548. The average Bonchev–Trinajstić information content (AvgIpc) is 3.79. The van der Waals surface area contributed by atoms with Crippen LogP contribution in [0.4, 0.5) is 0 Å². The van der Waals surface area contributed by atoms with Gasteiger partial charge in [-0.1, -0.05) is 61.3 Å². The number of likely N-dealkylation sites (N-methyl/N-ethyl adjacent to an activating group) is 1. The van der Waals surface area contributed by atoms with Gasteiger partial charge in [0.2, 0.25) is 15.9 Å². The molecule has 2 aromatic carbocycles. The first-order chi connectivity index (χ1) is 18.8. The van der Waals surface area contributed by atoms with E-state index in [9.17, 15) is 18.0 Å². The number of amides is 1. The summed E-state index contributed by atoms with van der Waals surface area (Å²) in [5.41, 5.74) is 0.702. The van der Waals surface area contributed by atoms with Gasteiger partial charge in [-0.25, -0.2) is 12.7 Å². The number of likely N-dealkylation sites (tertiary alicyclic amines) is 1. The van der Waals surface area contributed by atoms with Gasteiger partial charge in [-0.3, -0.25) is 9.59 Å². The molecule has 218 valence electrons. The average molecular weight is 610 g/mol. The van der Waals surface area contributed by atoms with Crippen LogP contribution in [0.5, 0.6) is 0 Å². The number of hydrogen-bond acceptors (Lipinski definition) is 5. The molecular weight excluding hydrogens is 571 g/mol. The topological polar surface area (TPSA) is 84.0 Å². The Labute approximate surface area is 247 Å². The highest BCUT2D eigenvalue weighted by Crippen LogP contribution is 2.53. The van der Waals surface area contributed by atoms with Crippen molar-refractivity contribution in [3.63, 3.8) is 0 Å². The summed E-state index contributed by atoms with van der Waals surface area (Å²) in [5.74, 6) is -1.64. The molecular formula is C30H38Cl2N2O5S. The minimum Gasteiger partial charge on any atom is -0.469 e. The Bertz CT molecular complexity index is 1350. The van der Waals surface area contributed by atoms with Crippen LogP contribution in [0, 0.1) is 11.3 Å². The number of halogens is 2. The lowest BCUT2D eigenvalue weighted by atomic mass is 9.63. The smallest absolute Gasteiger partial charge is 0.309 e. The molecule has 1 heterocycles. The summed E-state index contributed by atoms with van der Waals surface area (Å²) in [5, 5.41) is 0.784. The van der Waals surface area contributed by atoms with E-state index in [-0.39, 0.29) is 23.6 Å². The van der Waals surface area contributed by atoms with Crippen LogP contribution in [0.2, 0.25) is 10.0 Å². The second-order valence-electron chi connectivity index (χ2n) is 11.3. The normalized spacial score (nSPS) is 25.1. The molecule has 0 bridgehead atoms. The lowest BCUT2D eigenvalue weighted by molar-refractivity contribution is -0.168. The third-order valence-electron chi connectivity index (χ3n) is 8.76. The van der Waals surface area contributed by atoms with E-state index in [0.717, 1.165) is 11.1 Å². The quantitative estimate of drug-likeness (QED) is 0.306. The number of ether oxygens (including phenoxy) is 1. The van der Waals surface area contributed by atoms with Gasteiger partial charge in [0.1, 0.15) is 0 Å². The first-order valence-electron chi connectivity index (χ1n) is 13.7. The molecule has 1 amide bonds. The standard InChI is InChI=1S/C30H38Cl2N2O5S/c1-6-24(18-33(4)40(37,38)25-14-15-25)34-27(20-10-12-22(31)13-11-20)26(21-8-7-9-23(32)16-21)17-30(3,29(34)36)19(2)28(35)39-5/h7-13,16,19,24-27H,6,14-15,17-18H2,1-5H3/t19-,24-,26+,27?,30+/m0/s1. The van der Waals surface area contributed by atoms with E-state index in [1.165, 1.54) is 11.4 Å². The van der Waals surface area contributed by atoms with Crippen molar-refractivity contribution >= 4 is 45.1 Å². The third-order valence-corrected chi connectivity index (χ3v) is 11.6. The highest BCUT2D eigenvalue weighted by atomic mass is 35.5. The number of piperidine rings is 1. The van der Waals surface area contributed by atoms with Crippen LogP contribution in [-0.4, -0.2) is 61.5 Å². The van der Waals surface area contributed by atoms with Crippen molar-refractivity contribution in [3.8, 4) is 0 Å². The molecule has 2 fully saturated rings. The molecule has 2 aliphatic rings. The number of sulfonamides is 1. The van der Waals surface area contributed by atoms with Gasteiger partial charge in [-0.2, -0.15) is 0 Å². The summed E-state index contributed by atoms with van der Waals surface area (Å²) >= 11 is 12.7. The molecule has 1 unspecified atom stereocenters. The number of benzene rings is 2. The van der Waals surface area contributed by atoms with Gasteiger partial charge < -0.3 is 9.64 Å². The summed E-state index contributed by atoms with van der Waals surface area (Å²) in [4.78, 5) is 29.4. The molecule has 1 saturated heterocycles. The van der Waals surface area contributed by atoms with Gasteiger partial charge >= 0.3 is 5.97 Å². The van der Waals surface area contributed by atoms with Crippen molar-refractivity contribution in [3.05, 3.63) is 69.7 Å². The summed E-state index contributed by atoms with van der Waals surface area (Å²) < 4.78 is 32.7. The zero-order valence-corrected chi connectivity index (χ0v) is 26.0. The Morgan fingerprint density at radius 3 is 2.33 bits per heavy atom. The van der Waals surface area contributed by atoms with E-state index in [2.05, 4.69) is 0 Å². The van der Waals surface area contributed by atoms with Crippen molar-refractivity contribution in [2.45, 2.75) is 69.7 Å². The van der Waals surface area contributed by atoms with Gasteiger partial charge in [0.05, 0.1) is 29.7 Å². The van der Waals surface area contributed by atoms with Gasteiger partial charge in [0, 0.05) is 35.6 Å². The molecule has 0 radical (unpaired) electrons. The predicted molar refractivity (Wildman–Crippen MR) is 158 cm³/mol. The maximum absolute atomic E-state index is 14.7. The van der Waals surface area contributed by atoms with E-state index in [0.29, 0.717) is 35.7 Å². The Morgan fingerprint density at radius 1 is 1.12 bits per heavy atom. The van der Waals surface area contributed by atoms with Crippen LogP contribution in [0.1, 0.15) is 69.5 Å². The Morgan fingerprint density at radius 2 is 1.77 bits per heavy atom. The van der Waals surface area contributed by atoms with Crippen LogP contribution >= 0.6 is 23.2 Å². The van der Waals surface area contributed by atoms with Crippen LogP contribution < -0.4 is 0 Å². The number of carbonyl (C=O) groups is 2. The van der Waals surface area contributed by atoms with Crippen molar-refractivity contribution in [1.29, 1.82) is 0 Å². The summed E-state index contributed by atoms with van der Waals surface area (Å²) in [6.45, 7) is 5.65. The van der Waals surface area contributed by atoms with Crippen LogP contribution in [-0.2, 0) is 24.3 Å². The molecule has 4 rings (SSSR count). The monoisotopic (exact) mass is 608 g/mol. The number of carbonyl (C=O) groups excluding carboxylic acids is 2. The second-order valence-corrected chi connectivity index (χ2v) is 14.5. The lowest BCUT2D eigenvalue weighted by Crippen LogP contribution is -2.60. The van der Waals surface area contributed by atoms with Gasteiger partial charge in [0.15, 0.2) is 0 Å². The first kappa shape index (κ1) is 30.8. The van der Waals surface area contributed by atoms with Gasteiger partial charge in [-0.15, -0.1) is 0 Å². The number of nitrogens with zero attached hydrogens (tertiary/aromatic N) is 2. The predicted octanol–water partition coefficient (Wildman–Crippen LogP) is 6.07. The number of esters is 1. The third kappa shape index (κ3) is 5.91. The number of hydrogen-bond donors (Lipinski definition) is 0. The maximum atomic E-state index is 14.7. The molecule has 40 heavy (non-hydrogen) atoms. The van der Waals surface area contributed by atoms with E-state index in [1.54, 1.807) is 32.2 Å². The molecule has 0 aromatic heterocycles. The van der Waals surface area contributed by atoms with Crippen LogP contribution in [0.15, 0.2) is 48.5 Å². The zero-order valence-electron chi connectivity index (χ0n) is 23.6. The van der Waals surface area contributed by atoms with Gasteiger partial charge in [0.25, 0.3) is 0 Å². The van der Waals surface area contributed by atoms with E-state index < -0.39 is 39.4 Å². The number of rotatable bonds is 10. The van der Waals surface area contributed by atoms with Crippen LogP contribution in [0.3, 0.4) is 0 Å². The largest absolute Gasteiger partial charge is 0.469 e. The maximum Gasteiger partial charge on any atom is 0.309 e. The lowest BCUT2D eigenvalue weighted by Gasteiger charge is -2.53. The minimum absolute atomic E-state index is 0.149. The fourth-order valence-corrected chi connectivity index (χ4v) is 7.93. The molecule has 0 N–H and O–H groups in total. The minimum atomic E-state index is -3.46. The van der Waals surface area contributed by atoms with E-state index in [1.807, 2.05) is 49.1 Å². The van der Waals surface area contributed by atoms with Crippen molar-refractivity contribution in [2.24, 2.45) is 11.3 Å². The molecule has 5 atom stereocenters. The molecule has 1 aliphatic carbocycles. The van der Waals surface area contributed by atoms with E-state index >= 15 is 0 Å². The first-order valence-corrected chi connectivity index (χ1v) is 16.0. The van der Waals surface area contributed by atoms with E-state index in [4.69, 9.17) is 27.9 Å².